The first-order valence-corrected chi connectivity index (χ1v) is 7.32. The average molecular weight is 280 g/mol. The summed E-state index contributed by atoms with van der Waals surface area (Å²) < 4.78 is 0. The molecule has 0 bridgehead atoms. The minimum atomic E-state index is -0.00787. The van der Waals surface area contributed by atoms with Crippen molar-refractivity contribution in [3.8, 4) is 0 Å². The van der Waals surface area contributed by atoms with Crippen LogP contribution in [-0.2, 0) is 6.42 Å². The van der Waals surface area contributed by atoms with Crippen molar-refractivity contribution in [3.63, 3.8) is 0 Å². The lowest BCUT2D eigenvalue weighted by Gasteiger charge is -2.33. The molecule has 1 atom stereocenters. The van der Waals surface area contributed by atoms with Crippen LogP contribution in [0.4, 0.5) is 11.4 Å². The largest absolute Gasteiger partial charge is 0.398 e. The number of amides is 1. The highest BCUT2D eigenvalue weighted by molar-refractivity contribution is 6.09. The van der Waals surface area contributed by atoms with Crippen LogP contribution in [0.3, 0.4) is 0 Å². The molecule has 3 rings (SSSR count). The molecule has 2 aromatic rings. The van der Waals surface area contributed by atoms with E-state index in [2.05, 4.69) is 13.0 Å². The van der Waals surface area contributed by atoms with Crippen LogP contribution in [0.25, 0.3) is 0 Å². The molecular formula is C18H20N2O. The standard InChI is InChI=1S/C18H20N2O/c1-12-7-8-15(16(19)10-12)18(21)20-11-13(2)9-14-5-3-4-6-17(14)20/h3-8,10,13H,9,11,19H2,1-2H3. The molecule has 21 heavy (non-hydrogen) atoms. The van der Waals surface area contributed by atoms with Crippen molar-refractivity contribution >= 4 is 17.3 Å². The summed E-state index contributed by atoms with van der Waals surface area (Å²) in [5.74, 6) is 0.446. The highest BCUT2D eigenvalue weighted by Crippen LogP contribution is 2.31. The quantitative estimate of drug-likeness (QED) is 0.814. The first-order valence-electron chi connectivity index (χ1n) is 7.32. The number of anilines is 2. The number of hydrogen-bond donors (Lipinski definition) is 1. The first kappa shape index (κ1) is 13.7. The number of carbonyl (C=O) groups is 1. The number of hydrogen-bond acceptors (Lipinski definition) is 2. The van der Waals surface area contributed by atoms with E-state index in [-0.39, 0.29) is 5.91 Å². The van der Waals surface area contributed by atoms with Crippen LogP contribution < -0.4 is 10.6 Å². The lowest BCUT2D eigenvalue weighted by atomic mass is 9.93. The maximum Gasteiger partial charge on any atom is 0.260 e. The number of nitrogens with zero attached hydrogens (tertiary/aromatic N) is 1. The molecule has 3 nitrogen and oxygen atoms in total. The summed E-state index contributed by atoms with van der Waals surface area (Å²) in [7, 11) is 0. The van der Waals surface area contributed by atoms with Crippen molar-refractivity contribution in [2.45, 2.75) is 20.3 Å². The molecule has 0 spiro atoms. The lowest BCUT2D eigenvalue weighted by molar-refractivity contribution is 0.0982. The molecule has 2 aromatic carbocycles. The Labute approximate surface area is 125 Å². The second kappa shape index (κ2) is 5.24. The summed E-state index contributed by atoms with van der Waals surface area (Å²) in [6.45, 7) is 4.89. The highest BCUT2D eigenvalue weighted by Gasteiger charge is 2.27. The zero-order valence-corrected chi connectivity index (χ0v) is 12.5. The molecule has 1 aliphatic heterocycles. The zero-order valence-electron chi connectivity index (χ0n) is 12.5. The van der Waals surface area contributed by atoms with Gasteiger partial charge < -0.3 is 10.6 Å². The summed E-state index contributed by atoms with van der Waals surface area (Å²) in [4.78, 5) is 14.8. The van der Waals surface area contributed by atoms with Gasteiger partial charge in [-0.3, -0.25) is 4.79 Å². The molecule has 0 aromatic heterocycles. The van der Waals surface area contributed by atoms with Gasteiger partial charge in [0, 0.05) is 17.9 Å². The predicted octanol–water partition coefficient (Wildman–Crippen LogP) is 3.42. The number of nitrogen functional groups attached to an aromatic ring is 1. The number of para-hydroxylation sites is 1. The number of aryl methyl sites for hydroxylation is 1. The topological polar surface area (TPSA) is 46.3 Å². The van der Waals surface area contributed by atoms with Crippen LogP contribution in [-0.4, -0.2) is 12.5 Å². The summed E-state index contributed by atoms with van der Waals surface area (Å²) in [5.41, 5.74) is 10.5. The third-order valence-corrected chi connectivity index (χ3v) is 4.03. The molecule has 3 heteroatoms. The lowest BCUT2D eigenvalue weighted by Crippen LogP contribution is -2.39. The number of nitrogens with two attached hydrogens (primary N) is 1. The predicted molar refractivity (Wildman–Crippen MR) is 86.6 cm³/mol. The van der Waals surface area contributed by atoms with Crippen LogP contribution in [0.1, 0.15) is 28.4 Å². The second-order valence-electron chi connectivity index (χ2n) is 5.94. The molecule has 1 aliphatic rings. The van der Waals surface area contributed by atoms with Crippen molar-refractivity contribution < 1.29 is 4.79 Å². The van der Waals surface area contributed by atoms with Crippen LogP contribution >= 0.6 is 0 Å². The van der Waals surface area contributed by atoms with Crippen LogP contribution in [0.15, 0.2) is 42.5 Å². The van der Waals surface area contributed by atoms with E-state index in [1.807, 2.05) is 48.2 Å². The molecule has 1 heterocycles. The van der Waals surface area contributed by atoms with E-state index in [1.54, 1.807) is 0 Å². The molecule has 0 saturated heterocycles. The summed E-state index contributed by atoms with van der Waals surface area (Å²) in [6.07, 6.45) is 1.02. The van der Waals surface area contributed by atoms with Gasteiger partial charge in [0.1, 0.15) is 0 Å². The number of carbonyl (C=O) groups excluding carboxylic acids is 1. The monoisotopic (exact) mass is 280 g/mol. The number of benzene rings is 2. The Hall–Kier alpha value is -2.29. The van der Waals surface area contributed by atoms with Crippen LogP contribution in [0, 0.1) is 12.8 Å². The van der Waals surface area contributed by atoms with E-state index in [1.165, 1.54) is 5.56 Å². The van der Waals surface area contributed by atoms with E-state index in [9.17, 15) is 4.79 Å². The summed E-state index contributed by atoms with van der Waals surface area (Å²) in [5, 5.41) is 0. The van der Waals surface area contributed by atoms with Gasteiger partial charge in [-0.2, -0.15) is 0 Å². The fourth-order valence-corrected chi connectivity index (χ4v) is 3.01. The van der Waals surface area contributed by atoms with Crippen molar-refractivity contribution in [2.24, 2.45) is 5.92 Å². The molecule has 0 radical (unpaired) electrons. The van der Waals surface area contributed by atoms with Gasteiger partial charge in [-0.15, -0.1) is 0 Å². The fraction of sp³-hybridized carbons (Fsp3) is 0.278. The minimum absolute atomic E-state index is 0.00787. The van der Waals surface area contributed by atoms with Gasteiger partial charge >= 0.3 is 0 Å². The van der Waals surface area contributed by atoms with Gasteiger partial charge in [0.2, 0.25) is 0 Å². The van der Waals surface area contributed by atoms with Gasteiger partial charge in [-0.1, -0.05) is 31.2 Å². The maximum absolute atomic E-state index is 12.9. The van der Waals surface area contributed by atoms with Gasteiger partial charge in [0.15, 0.2) is 0 Å². The van der Waals surface area contributed by atoms with E-state index in [0.29, 0.717) is 17.2 Å². The molecular weight excluding hydrogens is 260 g/mol. The highest BCUT2D eigenvalue weighted by atomic mass is 16.2. The minimum Gasteiger partial charge on any atom is -0.398 e. The first-order chi connectivity index (χ1) is 10.1. The molecule has 108 valence electrons. The van der Waals surface area contributed by atoms with Gasteiger partial charge in [-0.05, 0) is 48.6 Å². The van der Waals surface area contributed by atoms with Gasteiger partial charge in [0.05, 0.1) is 5.56 Å². The Morgan fingerprint density at radius 1 is 1.24 bits per heavy atom. The molecule has 0 fully saturated rings. The number of rotatable bonds is 1. The van der Waals surface area contributed by atoms with E-state index >= 15 is 0 Å². The van der Waals surface area contributed by atoms with E-state index in [4.69, 9.17) is 5.73 Å². The Morgan fingerprint density at radius 3 is 2.76 bits per heavy atom. The Kier molecular flexibility index (Phi) is 3.42. The molecule has 1 amide bonds. The third-order valence-electron chi connectivity index (χ3n) is 4.03. The Bertz CT molecular complexity index is 693. The number of fused-ring (bicyclic) bond motifs is 1. The van der Waals surface area contributed by atoms with Crippen molar-refractivity contribution in [1.29, 1.82) is 0 Å². The van der Waals surface area contributed by atoms with Crippen LogP contribution in [0.2, 0.25) is 0 Å². The second-order valence-corrected chi connectivity index (χ2v) is 5.94. The molecule has 0 saturated carbocycles. The smallest absolute Gasteiger partial charge is 0.260 e. The Balaban J connectivity index is 2.02. The Morgan fingerprint density at radius 2 is 2.00 bits per heavy atom. The SMILES string of the molecule is Cc1ccc(C(=O)N2CC(C)Cc3ccccc32)c(N)c1. The molecule has 0 aliphatic carbocycles. The van der Waals surface area contributed by atoms with E-state index < -0.39 is 0 Å². The van der Waals surface area contributed by atoms with E-state index in [0.717, 1.165) is 24.2 Å². The fourth-order valence-electron chi connectivity index (χ4n) is 3.01. The summed E-state index contributed by atoms with van der Waals surface area (Å²) >= 11 is 0. The zero-order chi connectivity index (χ0) is 15.0. The van der Waals surface area contributed by atoms with Crippen molar-refractivity contribution in [3.05, 3.63) is 59.2 Å². The van der Waals surface area contributed by atoms with Gasteiger partial charge in [0.25, 0.3) is 5.91 Å². The van der Waals surface area contributed by atoms with Gasteiger partial charge in [-0.25, -0.2) is 0 Å². The molecule has 2 N–H and O–H groups in total. The average Bonchev–Trinajstić information content (AvgIpc) is 2.45. The summed E-state index contributed by atoms with van der Waals surface area (Å²) in [6, 6.07) is 13.7. The third kappa shape index (κ3) is 2.51. The van der Waals surface area contributed by atoms with Crippen molar-refractivity contribution in [1.82, 2.24) is 0 Å². The normalized spacial score (nSPS) is 17.4. The van der Waals surface area contributed by atoms with Crippen molar-refractivity contribution in [2.75, 3.05) is 17.2 Å². The maximum atomic E-state index is 12.9. The molecule has 1 unspecified atom stereocenters. The van der Waals surface area contributed by atoms with Crippen LogP contribution in [0.5, 0.6) is 0 Å².